The van der Waals surface area contributed by atoms with Gasteiger partial charge < -0.3 is 4.74 Å². The van der Waals surface area contributed by atoms with Crippen LogP contribution in [0.15, 0.2) is 24.3 Å². The third kappa shape index (κ3) is 4.45. The van der Waals surface area contributed by atoms with E-state index >= 15 is 0 Å². The molecule has 0 spiro atoms. The Balaban J connectivity index is 2.63. The highest BCUT2D eigenvalue weighted by molar-refractivity contribution is 7.80. The predicted molar refractivity (Wildman–Crippen MR) is 87.5 cm³/mol. The molecule has 0 fully saturated rings. The highest BCUT2D eigenvalue weighted by atomic mass is 32.1. The number of thiol groups is 1. The Bertz CT molecular complexity index is 346. The van der Waals surface area contributed by atoms with E-state index in [1.165, 1.54) is 12.0 Å². The molecular weight excluding hydrogens is 252 g/mol. The molecule has 1 rings (SSSR count). The van der Waals surface area contributed by atoms with E-state index in [1.807, 2.05) is 0 Å². The summed E-state index contributed by atoms with van der Waals surface area (Å²) in [4.78, 5) is 0. The molecule has 0 aliphatic rings. The Morgan fingerprint density at radius 1 is 1.11 bits per heavy atom. The quantitative estimate of drug-likeness (QED) is 0.634. The van der Waals surface area contributed by atoms with Gasteiger partial charge in [-0.15, -0.1) is 0 Å². The van der Waals surface area contributed by atoms with Crippen molar-refractivity contribution in [3.05, 3.63) is 29.8 Å². The monoisotopic (exact) mass is 280 g/mol. The largest absolute Gasteiger partial charge is 0.493 e. The molecule has 0 amide bonds. The average molecular weight is 280 g/mol. The van der Waals surface area contributed by atoms with E-state index in [4.69, 9.17) is 4.74 Å². The van der Waals surface area contributed by atoms with E-state index in [-0.39, 0.29) is 5.41 Å². The fraction of sp³-hybridized carbons (Fsp3) is 0.647. The number of benzene rings is 1. The number of hydrogen-bond acceptors (Lipinski definition) is 2. The van der Waals surface area contributed by atoms with E-state index in [0.717, 1.165) is 31.0 Å². The topological polar surface area (TPSA) is 9.23 Å². The minimum atomic E-state index is 0.207. The molecule has 19 heavy (non-hydrogen) atoms. The third-order valence-corrected chi connectivity index (χ3v) is 5.11. The van der Waals surface area contributed by atoms with Gasteiger partial charge >= 0.3 is 0 Å². The maximum atomic E-state index is 5.96. The molecule has 1 aromatic carbocycles. The van der Waals surface area contributed by atoms with Crippen LogP contribution < -0.4 is 4.74 Å². The van der Waals surface area contributed by atoms with Crippen LogP contribution in [-0.2, 0) is 0 Å². The standard InChI is InChI=1S/C17H28OS/c1-5-14(4)15-8-10-16(11-9-15)18-12-17(6-2,7-3)13-19/h8-11,14,19H,5-7,12-13H2,1-4H3. The van der Waals surface area contributed by atoms with Gasteiger partial charge in [0.05, 0.1) is 6.61 Å². The lowest BCUT2D eigenvalue weighted by Gasteiger charge is -2.29. The summed E-state index contributed by atoms with van der Waals surface area (Å²) in [7, 11) is 0. The molecule has 0 aliphatic carbocycles. The van der Waals surface area contributed by atoms with Gasteiger partial charge in [0.25, 0.3) is 0 Å². The molecule has 0 saturated carbocycles. The Morgan fingerprint density at radius 3 is 2.11 bits per heavy atom. The highest BCUT2D eigenvalue weighted by Gasteiger charge is 2.25. The molecule has 108 valence electrons. The first-order valence-electron chi connectivity index (χ1n) is 7.44. The van der Waals surface area contributed by atoms with Crippen LogP contribution in [0, 0.1) is 5.41 Å². The molecule has 0 heterocycles. The van der Waals surface area contributed by atoms with Crippen molar-refractivity contribution in [1.29, 1.82) is 0 Å². The Kier molecular flexibility index (Phi) is 6.78. The maximum Gasteiger partial charge on any atom is 0.119 e. The molecule has 1 aromatic rings. The van der Waals surface area contributed by atoms with Crippen molar-refractivity contribution in [3.8, 4) is 5.75 Å². The van der Waals surface area contributed by atoms with Crippen LogP contribution in [0.25, 0.3) is 0 Å². The van der Waals surface area contributed by atoms with Gasteiger partial charge in [0.1, 0.15) is 5.75 Å². The van der Waals surface area contributed by atoms with Crippen LogP contribution in [-0.4, -0.2) is 12.4 Å². The lowest BCUT2D eigenvalue weighted by Crippen LogP contribution is -2.29. The van der Waals surface area contributed by atoms with Gasteiger partial charge in [-0.3, -0.25) is 0 Å². The summed E-state index contributed by atoms with van der Waals surface area (Å²) in [5.41, 5.74) is 1.60. The molecule has 0 N–H and O–H groups in total. The molecule has 0 aromatic heterocycles. The average Bonchev–Trinajstić information content (AvgIpc) is 2.49. The van der Waals surface area contributed by atoms with Gasteiger partial charge in [-0.25, -0.2) is 0 Å². The summed E-state index contributed by atoms with van der Waals surface area (Å²) < 4.78 is 5.96. The van der Waals surface area contributed by atoms with Crippen molar-refractivity contribution in [1.82, 2.24) is 0 Å². The van der Waals surface area contributed by atoms with Crippen LogP contribution in [0.4, 0.5) is 0 Å². The summed E-state index contributed by atoms with van der Waals surface area (Å²) >= 11 is 4.48. The molecule has 0 aliphatic heterocycles. The van der Waals surface area contributed by atoms with E-state index < -0.39 is 0 Å². The molecule has 2 heteroatoms. The SMILES string of the molecule is CCC(C)c1ccc(OCC(CC)(CC)CS)cc1. The molecule has 0 saturated heterocycles. The molecule has 0 radical (unpaired) electrons. The van der Waals surface area contributed by atoms with E-state index in [0.29, 0.717) is 5.92 Å². The summed E-state index contributed by atoms with van der Waals surface area (Å²) in [6, 6.07) is 8.56. The number of ether oxygens (including phenoxy) is 1. The second-order valence-electron chi connectivity index (χ2n) is 5.53. The van der Waals surface area contributed by atoms with Crippen LogP contribution in [0.2, 0.25) is 0 Å². The van der Waals surface area contributed by atoms with E-state index in [2.05, 4.69) is 64.6 Å². The van der Waals surface area contributed by atoms with Crippen LogP contribution in [0.3, 0.4) is 0 Å². The van der Waals surface area contributed by atoms with Crippen molar-refractivity contribution in [2.24, 2.45) is 5.41 Å². The van der Waals surface area contributed by atoms with Gasteiger partial charge in [-0.1, -0.05) is 39.8 Å². The molecule has 1 unspecified atom stereocenters. The van der Waals surface area contributed by atoms with Gasteiger partial charge in [-0.05, 0) is 48.6 Å². The summed E-state index contributed by atoms with van der Waals surface area (Å²) in [6.45, 7) is 9.67. The van der Waals surface area contributed by atoms with Crippen molar-refractivity contribution in [2.75, 3.05) is 12.4 Å². The predicted octanol–water partition coefficient (Wildman–Crippen LogP) is 5.32. The summed E-state index contributed by atoms with van der Waals surface area (Å²) in [5.74, 6) is 2.47. The highest BCUT2D eigenvalue weighted by Crippen LogP contribution is 2.29. The molecular formula is C17H28OS. The lowest BCUT2D eigenvalue weighted by atomic mass is 9.85. The zero-order valence-electron chi connectivity index (χ0n) is 12.8. The second kappa shape index (κ2) is 7.84. The fourth-order valence-corrected chi connectivity index (χ4v) is 2.63. The minimum Gasteiger partial charge on any atom is -0.493 e. The smallest absolute Gasteiger partial charge is 0.119 e. The fourth-order valence-electron chi connectivity index (χ4n) is 2.09. The molecule has 1 atom stereocenters. The Morgan fingerprint density at radius 2 is 1.68 bits per heavy atom. The van der Waals surface area contributed by atoms with Crippen LogP contribution >= 0.6 is 12.6 Å². The maximum absolute atomic E-state index is 5.96. The first-order chi connectivity index (χ1) is 9.10. The third-order valence-electron chi connectivity index (χ3n) is 4.44. The van der Waals surface area contributed by atoms with Crippen molar-refractivity contribution < 1.29 is 4.74 Å². The van der Waals surface area contributed by atoms with Crippen molar-refractivity contribution >= 4 is 12.6 Å². The van der Waals surface area contributed by atoms with Crippen LogP contribution in [0.1, 0.15) is 58.4 Å². The van der Waals surface area contributed by atoms with Gasteiger partial charge in [-0.2, -0.15) is 12.6 Å². The zero-order valence-corrected chi connectivity index (χ0v) is 13.7. The zero-order chi connectivity index (χ0) is 14.3. The molecule has 0 bridgehead atoms. The van der Waals surface area contributed by atoms with Gasteiger partial charge in [0.2, 0.25) is 0 Å². The van der Waals surface area contributed by atoms with Crippen LogP contribution in [0.5, 0.6) is 5.75 Å². The second-order valence-corrected chi connectivity index (χ2v) is 5.85. The van der Waals surface area contributed by atoms with Crippen molar-refractivity contribution in [2.45, 2.75) is 52.9 Å². The van der Waals surface area contributed by atoms with Gasteiger partial charge in [0, 0.05) is 5.41 Å². The van der Waals surface area contributed by atoms with Crippen molar-refractivity contribution in [3.63, 3.8) is 0 Å². The molecule has 1 nitrogen and oxygen atoms in total. The first-order valence-corrected chi connectivity index (χ1v) is 8.07. The number of rotatable bonds is 8. The summed E-state index contributed by atoms with van der Waals surface area (Å²) in [6.07, 6.45) is 3.39. The number of hydrogen-bond donors (Lipinski definition) is 1. The first kappa shape index (κ1) is 16.4. The van der Waals surface area contributed by atoms with E-state index in [1.54, 1.807) is 0 Å². The Labute approximate surface area is 124 Å². The summed E-state index contributed by atoms with van der Waals surface area (Å²) in [5, 5.41) is 0. The normalized spacial score (nSPS) is 13.3. The minimum absolute atomic E-state index is 0.207. The van der Waals surface area contributed by atoms with Gasteiger partial charge in [0.15, 0.2) is 0 Å². The Hall–Kier alpha value is -0.630. The lowest BCUT2D eigenvalue weighted by molar-refractivity contribution is 0.157. The van der Waals surface area contributed by atoms with E-state index in [9.17, 15) is 0 Å².